The van der Waals surface area contributed by atoms with Gasteiger partial charge in [-0.05, 0) is 72.1 Å². The molecule has 96 valence electrons. The Labute approximate surface area is 127 Å². The third kappa shape index (κ3) is 2.18. The quantitative estimate of drug-likeness (QED) is 0.505. The van der Waals surface area contributed by atoms with Crippen LogP contribution in [0, 0.1) is 21.1 Å². The van der Waals surface area contributed by atoms with E-state index >= 15 is 0 Å². The molecular formula is C13H9FIN3S. The van der Waals surface area contributed by atoms with E-state index in [4.69, 9.17) is 12.2 Å². The van der Waals surface area contributed by atoms with Crippen LogP contribution in [-0.4, -0.2) is 14.5 Å². The summed E-state index contributed by atoms with van der Waals surface area (Å²) in [6.07, 6.45) is 0. The molecule has 0 spiro atoms. The maximum atomic E-state index is 13.2. The first-order valence-electron chi connectivity index (χ1n) is 5.60. The van der Waals surface area contributed by atoms with Gasteiger partial charge in [0.15, 0.2) is 10.4 Å². The number of aryl methyl sites for hydroxylation is 1. The van der Waals surface area contributed by atoms with Gasteiger partial charge in [0.1, 0.15) is 5.82 Å². The Bertz CT molecular complexity index is 838. The van der Waals surface area contributed by atoms with Crippen LogP contribution >= 0.6 is 34.8 Å². The molecule has 0 fully saturated rings. The number of benzene rings is 1. The summed E-state index contributed by atoms with van der Waals surface area (Å²) in [5, 5.41) is 0. The summed E-state index contributed by atoms with van der Waals surface area (Å²) in [6.45, 7) is 1.93. The van der Waals surface area contributed by atoms with Gasteiger partial charge in [-0.2, -0.15) is 0 Å². The maximum absolute atomic E-state index is 13.2. The van der Waals surface area contributed by atoms with Crippen LogP contribution in [0.5, 0.6) is 0 Å². The Morgan fingerprint density at radius 3 is 2.84 bits per heavy atom. The van der Waals surface area contributed by atoms with Crippen molar-refractivity contribution >= 4 is 46.0 Å². The summed E-state index contributed by atoms with van der Waals surface area (Å²) in [6, 6.07) is 8.48. The molecule has 3 rings (SSSR count). The molecule has 0 atom stereocenters. The van der Waals surface area contributed by atoms with Gasteiger partial charge in [-0.15, -0.1) is 0 Å². The van der Waals surface area contributed by atoms with E-state index in [0.29, 0.717) is 4.77 Å². The van der Waals surface area contributed by atoms with Gasteiger partial charge >= 0.3 is 0 Å². The fraction of sp³-hybridized carbons (Fsp3) is 0.0769. The number of imidazole rings is 1. The molecule has 1 aromatic carbocycles. The van der Waals surface area contributed by atoms with E-state index < -0.39 is 0 Å². The average molecular weight is 385 g/mol. The minimum atomic E-state index is -0.261. The van der Waals surface area contributed by atoms with Crippen LogP contribution in [0.15, 0.2) is 30.3 Å². The first kappa shape index (κ1) is 12.7. The van der Waals surface area contributed by atoms with Gasteiger partial charge in [-0.1, -0.05) is 0 Å². The minimum Gasteiger partial charge on any atom is -0.329 e. The van der Waals surface area contributed by atoms with E-state index in [9.17, 15) is 4.39 Å². The first-order valence-corrected chi connectivity index (χ1v) is 7.09. The second-order valence-corrected chi connectivity index (χ2v) is 5.73. The Kier molecular flexibility index (Phi) is 3.14. The number of rotatable bonds is 1. The Balaban J connectivity index is 2.38. The molecule has 0 aliphatic rings. The predicted molar refractivity (Wildman–Crippen MR) is 83.7 cm³/mol. The van der Waals surface area contributed by atoms with Gasteiger partial charge < -0.3 is 4.98 Å². The van der Waals surface area contributed by atoms with Crippen LogP contribution in [-0.2, 0) is 0 Å². The lowest BCUT2D eigenvalue weighted by molar-refractivity contribution is 0.626. The molecule has 19 heavy (non-hydrogen) atoms. The number of aromatic amines is 1. The number of hydrogen-bond donors (Lipinski definition) is 1. The zero-order chi connectivity index (χ0) is 13.6. The van der Waals surface area contributed by atoms with Crippen LogP contribution in [0.3, 0.4) is 0 Å². The number of aromatic nitrogens is 3. The molecule has 0 aliphatic carbocycles. The zero-order valence-electron chi connectivity index (χ0n) is 9.95. The normalized spacial score (nSPS) is 11.1. The highest BCUT2D eigenvalue weighted by molar-refractivity contribution is 14.1. The molecule has 3 nitrogen and oxygen atoms in total. The molecule has 2 aromatic heterocycles. The highest BCUT2D eigenvalue weighted by Gasteiger charge is 2.11. The van der Waals surface area contributed by atoms with Crippen molar-refractivity contribution in [2.24, 2.45) is 0 Å². The van der Waals surface area contributed by atoms with E-state index in [1.54, 1.807) is 6.07 Å². The minimum absolute atomic E-state index is 0.261. The highest BCUT2D eigenvalue weighted by atomic mass is 127. The predicted octanol–water partition coefficient (Wildman–Crippen LogP) is 4.14. The summed E-state index contributed by atoms with van der Waals surface area (Å²) < 4.78 is 16.4. The summed E-state index contributed by atoms with van der Waals surface area (Å²) in [7, 11) is 0. The lowest BCUT2D eigenvalue weighted by Gasteiger charge is -2.07. The largest absolute Gasteiger partial charge is 0.329 e. The number of halogens is 2. The van der Waals surface area contributed by atoms with E-state index in [1.807, 2.05) is 23.6 Å². The molecule has 6 heteroatoms. The van der Waals surface area contributed by atoms with Crippen LogP contribution < -0.4 is 0 Å². The molecule has 0 saturated heterocycles. The van der Waals surface area contributed by atoms with Crippen molar-refractivity contribution in [2.75, 3.05) is 0 Å². The van der Waals surface area contributed by atoms with Crippen molar-refractivity contribution in [1.29, 1.82) is 0 Å². The van der Waals surface area contributed by atoms with Crippen molar-refractivity contribution in [3.8, 4) is 5.69 Å². The van der Waals surface area contributed by atoms with Gasteiger partial charge in [0, 0.05) is 9.26 Å². The van der Waals surface area contributed by atoms with Crippen LogP contribution in [0.2, 0.25) is 0 Å². The number of hydrogen-bond acceptors (Lipinski definition) is 2. The Morgan fingerprint density at radius 2 is 2.11 bits per heavy atom. The van der Waals surface area contributed by atoms with Crippen molar-refractivity contribution in [3.63, 3.8) is 0 Å². The monoisotopic (exact) mass is 385 g/mol. The number of H-pyrrole nitrogens is 1. The molecule has 0 saturated carbocycles. The molecule has 0 unspecified atom stereocenters. The lowest BCUT2D eigenvalue weighted by Crippen LogP contribution is -1.99. The van der Waals surface area contributed by atoms with E-state index in [2.05, 4.69) is 32.6 Å². The van der Waals surface area contributed by atoms with E-state index in [-0.39, 0.29) is 5.82 Å². The molecule has 2 heterocycles. The van der Waals surface area contributed by atoms with Crippen LogP contribution in [0.25, 0.3) is 16.9 Å². The van der Waals surface area contributed by atoms with Crippen molar-refractivity contribution < 1.29 is 4.39 Å². The Hall–Kier alpha value is -1.28. The first-order chi connectivity index (χ1) is 9.06. The van der Waals surface area contributed by atoms with Crippen LogP contribution in [0.4, 0.5) is 4.39 Å². The SMILES string of the molecule is Cc1ccc2[nH]c(=S)n(-c3ccc(F)cc3I)c2n1. The molecule has 0 aliphatic heterocycles. The lowest BCUT2D eigenvalue weighted by atomic mass is 10.3. The molecule has 1 N–H and O–H groups in total. The fourth-order valence-electron chi connectivity index (χ4n) is 1.96. The molecular weight excluding hydrogens is 376 g/mol. The van der Waals surface area contributed by atoms with E-state index in [1.165, 1.54) is 12.1 Å². The number of nitrogens with one attached hydrogen (secondary N) is 1. The van der Waals surface area contributed by atoms with Gasteiger partial charge in [0.05, 0.1) is 11.2 Å². The number of fused-ring (bicyclic) bond motifs is 1. The molecule has 0 amide bonds. The average Bonchev–Trinajstić information content (AvgIpc) is 2.65. The van der Waals surface area contributed by atoms with Crippen LogP contribution in [0.1, 0.15) is 5.69 Å². The van der Waals surface area contributed by atoms with Gasteiger partial charge in [-0.25, -0.2) is 9.37 Å². The van der Waals surface area contributed by atoms with Gasteiger partial charge in [-0.3, -0.25) is 4.57 Å². The van der Waals surface area contributed by atoms with Crippen molar-refractivity contribution in [1.82, 2.24) is 14.5 Å². The summed E-state index contributed by atoms with van der Waals surface area (Å²) >= 11 is 7.44. The standard InChI is InChI=1S/C13H9FIN3S/c1-7-2-4-10-12(16-7)18(13(19)17-10)11-5-3-8(14)6-9(11)15/h2-6H,1H3,(H,17,19). The maximum Gasteiger partial charge on any atom is 0.184 e. The van der Waals surface area contributed by atoms with Crippen molar-refractivity contribution in [2.45, 2.75) is 6.92 Å². The highest BCUT2D eigenvalue weighted by Crippen LogP contribution is 2.23. The third-order valence-corrected chi connectivity index (χ3v) is 3.97. The Morgan fingerprint density at radius 1 is 1.32 bits per heavy atom. The van der Waals surface area contributed by atoms with Gasteiger partial charge in [0.2, 0.25) is 0 Å². The second kappa shape index (κ2) is 4.68. The number of nitrogens with zero attached hydrogens (tertiary/aromatic N) is 2. The summed E-state index contributed by atoms with van der Waals surface area (Å²) in [4.78, 5) is 7.62. The summed E-state index contributed by atoms with van der Waals surface area (Å²) in [5.41, 5.74) is 3.37. The molecule has 3 aromatic rings. The van der Waals surface area contributed by atoms with Crippen molar-refractivity contribution in [3.05, 3.63) is 50.2 Å². The smallest absolute Gasteiger partial charge is 0.184 e. The van der Waals surface area contributed by atoms with Gasteiger partial charge in [0.25, 0.3) is 0 Å². The fourth-order valence-corrected chi connectivity index (χ4v) is 2.98. The molecule has 0 bridgehead atoms. The third-order valence-electron chi connectivity index (χ3n) is 2.82. The second-order valence-electron chi connectivity index (χ2n) is 4.19. The topological polar surface area (TPSA) is 33.6 Å². The summed E-state index contributed by atoms with van der Waals surface area (Å²) in [5.74, 6) is -0.261. The number of pyridine rings is 1. The van der Waals surface area contributed by atoms with E-state index in [0.717, 1.165) is 26.1 Å². The molecule has 0 radical (unpaired) electrons. The zero-order valence-corrected chi connectivity index (χ0v) is 12.9.